The number of hydrogen-bond acceptors (Lipinski definition) is 5. The van der Waals surface area contributed by atoms with E-state index in [0.717, 1.165) is 31.5 Å². The zero-order valence-electron chi connectivity index (χ0n) is 18.1. The summed E-state index contributed by atoms with van der Waals surface area (Å²) in [4.78, 5) is 15.0. The van der Waals surface area contributed by atoms with E-state index in [0.29, 0.717) is 33.5 Å². The zero-order chi connectivity index (χ0) is 22.3. The van der Waals surface area contributed by atoms with Crippen molar-refractivity contribution in [3.05, 3.63) is 65.4 Å². The number of thioether (sulfide) groups is 1. The van der Waals surface area contributed by atoms with Crippen LogP contribution in [0, 0.1) is 0 Å². The fourth-order valence-electron chi connectivity index (χ4n) is 3.99. The lowest BCUT2D eigenvalue weighted by Crippen LogP contribution is -2.44. The second kappa shape index (κ2) is 10.9. The van der Waals surface area contributed by atoms with Gasteiger partial charge in [0.2, 0.25) is 5.91 Å². The molecule has 1 unspecified atom stereocenters. The normalized spacial score (nSPS) is 16.2. The predicted molar refractivity (Wildman–Crippen MR) is 128 cm³/mol. The van der Waals surface area contributed by atoms with E-state index in [-0.39, 0.29) is 12.5 Å². The fourth-order valence-corrected chi connectivity index (χ4v) is 5.04. The SMILES string of the molecule is CCC1CCCCN1C(=O)CSc1nnc(COc2ccccc2Cl)n1-c1ccccc1. The molecule has 1 aliphatic rings. The second-order valence-corrected chi connectivity index (χ2v) is 9.07. The van der Waals surface area contributed by atoms with Gasteiger partial charge in [0, 0.05) is 18.3 Å². The molecule has 168 valence electrons. The number of benzene rings is 2. The lowest BCUT2D eigenvalue weighted by Gasteiger charge is -2.35. The molecule has 8 heteroatoms. The highest BCUT2D eigenvalue weighted by molar-refractivity contribution is 7.99. The Morgan fingerprint density at radius 2 is 1.91 bits per heavy atom. The van der Waals surface area contributed by atoms with E-state index in [9.17, 15) is 4.79 Å². The average Bonchev–Trinajstić information content (AvgIpc) is 3.25. The molecule has 2 heterocycles. The molecule has 0 bridgehead atoms. The van der Waals surface area contributed by atoms with Crippen molar-refractivity contribution in [2.24, 2.45) is 0 Å². The number of likely N-dealkylation sites (tertiary alicyclic amines) is 1. The minimum absolute atomic E-state index is 0.165. The number of carbonyl (C=O) groups is 1. The third kappa shape index (κ3) is 5.27. The Bertz CT molecular complexity index is 1040. The van der Waals surface area contributed by atoms with E-state index < -0.39 is 0 Å². The van der Waals surface area contributed by atoms with Crippen molar-refractivity contribution in [1.29, 1.82) is 0 Å². The van der Waals surface area contributed by atoms with Crippen LogP contribution in [0.4, 0.5) is 0 Å². The molecular weight excluding hydrogens is 444 g/mol. The Balaban J connectivity index is 1.52. The molecule has 1 aromatic heterocycles. The first-order chi connectivity index (χ1) is 15.7. The maximum atomic E-state index is 13.0. The quantitative estimate of drug-likeness (QED) is 0.413. The summed E-state index contributed by atoms with van der Waals surface area (Å²) in [6.45, 7) is 3.21. The van der Waals surface area contributed by atoms with Gasteiger partial charge in [0.05, 0.1) is 10.8 Å². The van der Waals surface area contributed by atoms with E-state index in [1.54, 1.807) is 6.07 Å². The number of hydrogen-bond donors (Lipinski definition) is 0. The first-order valence-corrected chi connectivity index (χ1v) is 12.3. The van der Waals surface area contributed by atoms with Gasteiger partial charge in [-0.3, -0.25) is 9.36 Å². The molecule has 4 rings (SSSR count). The van der Waals surface area contributed by atoms with Crippen LogP contribution in [0.5, 0.6) is 5.75 Å². The fraction of sp³-hybridized carbons (Fsp3) is 0.375. The lowest BCUT2D eigenvalue weighted by molar-refractivity contribution is -0.132. The summed E-state index contributed by atoms with van der Waals surface area (Å²) < 4.78 is 7.85. The van der Waals surface area contributed by atoms with Gasteiger partial charge >= 0.3 is 0 Å². The largest absolute Gasteiger partial charge is 0.484 e. The molecule has 0 radical (unpaired) electrons. The van der Waals surface area contributed by atoms with E-state index in [1.807, 2.05) is 58.0 Å². The summed E-state index contributed by atoms with van der Waals surface area (Å²) in [6.07, 6.45) is 4.37. The first-order valence-electron chi connectivity index (χ1n) is 11.0. The highest BCUT2D eigenvalue weighted by atomic mass is 35.5. The van der Waals surface area contributed by atoms with Crippen LogP contribution in [0.2, 0.25) is 5.02 Å². The smallest absolute Gasteiger partial charge is 0.233 e. The molecule has 0 aliphatic carbocycles. The van der Waals surface area contributed by atoms with Gasteiger partial charge in [-0.05, 0) is 49.9 Å². The summed E-state index contributed by atoms with van der Waals surface area (Å²) >= 11 is 7.64. The highest BCUT2D eigenvalue weighted by Gasteiger charge is 2.26. The molecule has 1 atom stereocenters. The molecule has 2 aromatic carbocycles. The number of amides is 1. The minimum atomic E-state index is 0.165. The molecule has 0 saturated carbocycles. The topological polar surface area (TPSA) is 60.3 Å². The van der Waals surface area contributed by atoms with Crippen molar-refractivity contribution in [3.8, 4) is 11.4 Å². The van der Waals surface area contributed by atoms with Gasteiger partial charge < -0.3 is 9.64 Å². The first kappa shape index (κ1) is 22.7. The van der Waals surface area contributed by atoms with Crippen LogP contribution in [0.3, 0.4) is 0 Å². The van der Waals surface area contributed by atoms with Crippen molar-refractivity contribution < 1.29 is 9.53 Å². The van der Waals surface area contributed by atoms with Crippen molar-refractivity contribution in [2.75, 3.05) is 12.3 Å². The Morgan fingerprint density at radius 3 is 2.69 bits per heavy atom. The molecule has 3 aromatic rings. The number of ether oxygens (including phenoxy) is 1. The summed E-state index contributed by atoms with van der Waals surface area (Å²) in [5.41, 5.74) is 0.926. The number of halogens is 1. The zero-order valence-corrected chi connectivity index (χ0v) is 19.7. The number of nitrogens with zero attached hydrogens (tertiary/aromatic N) is 4. The average molecular weight is 471 g/mol. The molecule has 1 amide bonds. The van der Waals surface area contributed by atoms with Gasteiger partial charge in [-0.2, -0.15) is 0 Å². The number of piperidine rings is 1. The highest BCUT2D eigenvalue weighted by Crippen LogP contribution is 2.27. The number of aromatic nitrogens is 3. The number of carbonyl (C=O) groups excluding carboxylic acids is 1. The van der Waals surface area contributed by atoms with Crippen molar-refractivity contribution in [3.63, 3.8) is 0 Å². The summed E-state index contributed by atoms with van der Waals surface area (Å²) in [5, 5.41) is 9.95. The van der Waals surface area contributed by atoms with Crippen LogP contribution in [-0.4, -0.2) is 43.9 Å². The van der Waals surface area contributed by atoms with E-state index in [2.05, 4.69) is 17.1 Å². The molecule has 1 saturated heterocycles. The number of rotatable bonds is 8. The molecule has 1 aliphatic heterocycles. The molecule has 32 heavy (non-hydrogen) atoms. The van der Waals surface area contributed by atoms with Crippen molar-refractivity contribution >= 4 is 29.3 Å². The van der Waals surface area contributed by atoms with Crippen LogP contribution in [0.15, 0.2) is 59.8 Å². The molecule has 6 nitrogen and oxygen atoms in total. The van der Waals surface area contributed by atoms with Gasteiger partial charge in [-0.25, -0.2) is 0 Å². The van der Waals surface area contributed by atoms with Crippen LogP contribution < -0.4 is 4.74 Å². The van der Waals surface area contributed by atoms with Gasteiger partial charge in [0.1, 0.15) is 12.4 Å². The van der Waals surface area contributed by atoms with E-state index in [1.165, 1.54) is 18.2 Å². The van der Waals surface area contributed by atoms with Crippen molar-refractivity contribution in [2.45, 2.75) is 50.4 Å². The van der Waals surface area contributed by atoms with Crippen LogP contribution in [-0.2, 0) is 11.4 Å². The van der Waals surface area contributed by atoms with Crippen LogP contribution >= 0.6 is 23.4 Å². The Kier molecular flexibility index (Phi) is 7.71. The molecular formula is C24H27ClN4O2S. The lowest BCUT2D eigenvalue weighted by atomic mass is 10.0. The standard InChI is InChI=1S/C24H27ClN4O2S/c1-2-18-10-8-9-15-28(18)23(30)17-32-24-27-26-22(29(24)19-11-4-3-5-12-19)16-31-21-14-7-6-13-20(21)25/h3-7,11-14,18H,2,8-10,15-17H2,1H3. The maximum absolute atomic E-state index is 13.0. The molecule has 0 spiro atoms. The third-order valence-electron chi connectivity index (χ3n) is 5.65. The maximum Gasteiger partial charge on any atom is 0.233 e. The van der Waals surface area contributed by atoms with Gasteiger partial charge in [-0.15, -0.1) is 10.2 Å². The molecule has 0 N–H and O–H groups in total. The second-order valence-electron chi connectivity index (χ2n) is 7.72. The van der Waals surface area contributed by atoms with Gasteiger partial charge in [0.25, 0.3) is 0 Å². The third-order valence-corrected chi connectivity index (χ3v) is 6.88. The Morgan fingerprint density at radius 1 is 1.12 bits per heavy atom. The minimum Gasteiger partial charge on any atom is -0.484 e. The van der Waals surface area contributed by atoms with Gasteiger partial charge in [-0.1, -0.05) is 60.6 Å². The van der Waals surface area contributed by atoms with Gasteiger partial charge in [0.15, 0.2) is 11.0 Å². The van der Waals surface area contributed by atoms with E-state index >= 15 is 0 Å². The van der Waals surface area contributed by atoms with Crippen molar-refractivity contribution in [1.82, 2.24) is 19.7 Å². The summed E-state index contributed by atoms with van der Waals surface area (Å²) in [7, 11) is 0. The Hall–Kier alpha value is -2.51. The molecule has 1 fully saturated rings. The summed E-state index contributed by atoms with van der Waals surface area (Å²) in [6, 6.07) is 17.6. The predicted octanol–water partition coefficient (Wildman–Crippen LogP) is 5.38. The number of para-hydroxylation sites is 2. The van der Waals surface area contributed by atoms with E-state index in [4.69, 9.17) is 16.3 Å². The van der Waals surface area contributed by atoms with Crippen LogP contribution in [0.1, 0.15) is 38.4 Å². The summed E-state index contributed by atoms with van der Waals surface area (Å²) in [5.74, 6) is 1.75. The monoisotopic (exact) mass is 470 g/mol. The Labute approximate surface area is 197 Å². The van der Waals surface area contributed by atoms with Crippen LogP contribution in [0.25, 0.3) is 5.69 Å².